The molecule has 7 rings (SSSR count). The number of carbonyl (C=O) groups excluding carboxylic acids is 1. The highest BCUT2D eigenvalue weighted by molar-refractivity contribution is 5.87. The zero-order valence-electron chi connectivity index (χ0n) is 25.5. The van der Waals surface area contributed by atoms with E-state index in [4.69, 9.17) is 9.47 Å². The Kier molecular flexibility index (Phi) is 6.04. The smallest absolute Gasteiger partial charge is 0.333 e. The minimum atomic E-state index is -2.06. The Morgan fingerprint density at radius 3 is 2.33 bits per heavy atom. The molecule has 7 aliphatic rings. The number of nitrogens with zero attached hydrogens (tertiary/aromatic N) is 1. The van der Waals surface area contributed by atoms with Crippen molar-refractivity contribution >= 4 is 5.97 Å². The van der Waals surface area contributed by atoms with Crippen LogP contribution in [0.3, 0.4) is 0 Å². The molecule has 4 aliphatic carbocycles. The van der Waals surface area contributed by atoms with E-state index in [2.05, 4.69) is 11.8 Å². The molecule has 0 unspecified atom stereocenters. The molecule has 42 heavy (non-hydrogen) atoms. The molecule has 6 N–H and O–H groups in total. The fourth-order valence-corrected chi connectivity index (χ4v) is 11.8. The van der Waals surface area contributed by atoms with Crippen molar-refractivity contribution in [1.82, 2.24) is 4.90 Å². The second-order valence-corrected chi connectivity index (χ2v) is 15.7. The van der Waals surface area contributed by atoms with Gasteiger partial charge in [-0.15, -0.1) is 0 Å². The van der Waals surface area contributed by atoms with Gasteiger partial charge in [-0.3, -0.25) is 4.90 Å². The summed E-state index contributed by atoms with van der Waals surface area (Å²) in [5, 5.41) is 73.9. The van der Waals surface area contributed by atoms with Crippen LogP contribution in [0.25, 0.3) is 0 Å². The normalized spacial score (nSPS) is 60.3. The summed E-state index contributed by atoms with van der Waals surface area (Å²) >= 11 is 0. The summed E-state index contributed by atoms with van der Waals surface area (Å²) in [6.45, 7) is 10.1. The molecular formula is C32H49NO9. The van der Waals surface area contributed by atoms with E-state index in [9.17, 15) is 35.4 Å². The van der Waals surface area contributed by atoms with Crippen molar-refractivity contribution in [2.24, 2.45) is 29.1 Å². The third-order valence-corrected chi connectivity index (χ3v) is 14.1. The van der Waals surface area contributed by atoms with Crippen LogP contribution in [0.15, 0.2) is 11.6 Å². The Morgan fingerprint density at radius 1 is 0.952 bits per heavy atom. The Bertz CT molecular complexity index is 1220. The van der Waals surface area contributed by atoms with Gasteiger partial charge < -0.3 is 40.1 Å². The monoisotopic (exact) mass is 591 g/mol. The summed E-state index contributed by atoms with van der Waals surface area (Å²) < 4.78 is 12.6. The molecule has 4 bridgehead atoms. The third-order valence-electron chi connectivity index (χ3n) is 14.1. The van der Waals surface area contributed by atoms with E-state index in [-0.39, 0.29) is 25.4 Å². The lowest BCUT2D eigenvalue weighted by Gasteiger charge is -2.68. The molecule has 0 aromatic heterocycles. The highest BCUT2D eigenvalue weighted by Gasteiger charge is 2.88. The van der Waals surface area contributed by atoms with Crippen molar-refractivity contribution < 1.29 is 44.9 Å². The molecule has 3 aliphatic heterocycles. The molecule has 0 aromatic rings. The Hall–Kier alpha value is -1.11. The summed E-state index contributed by atoms with van der Waals surface area (Å²) in [5.74, 6) is -4.05. The molecular weight excluding hydrogens is 542 g/mol. The topological polar surface area (TPSA) is 160 Å². The first-order valence-electron chi connectivity index (χ1n) is 16.0. The number of aliphatic hydroxyl groups is 6. The van der Waals surface area contributed by atoms with Gasteiger partial charge in [0.25, 0.3) is 0 Å². The number of piperidine rings is 2. The number of aliphatic hydroxyl groups excluding tert-OH is 1. The highest BCUT2D eigenvalue weighted by Crippen LogP contribution is 2.78. The number of fused-ring (bicyclic) bond motifs is 5. The van der Waals surface area contributed by atoms with Crippen LogP contribution in [0.1, 0.15) is 86.0 Å². The van der Waals surface area contributed by atoms with E-state index in [1.807, 2.05) is 6.92 Å². The molecule has 236 valence electrons. The van der Waals surface area contributed by atoms with Crippen LogP contribution in [0.2, 0.25) is 0 Å². The van der Waals surface area contributed by atoms with Crippen LogP contribution >= 0.6 is 0 Å². The van der Waals surface area contributed by atoms with Crippen molar-refractivity contribution in [1.29, 1.82) is 0 Å². The largest absolute Gasteiger partial charge is 0.453 e. The minimum absolute atomic E-state index is 0.0606. The van der Waals surface area contributed by atoms with Gasteiger partial charge in [-0.05, 0) is 65.2 Å². The lowest BCUT2D eigenvalue weighted by atomic mass is 9.49. The average molecular weight is 592 g/mol. The molecule has 0 amide bonds. The second kappa shape index (κ2) is 8.57. The fourth-order valence-electron chi connectivity index (χ4n) is 11.8. The van der Waals surface area contributed by atoms with Crippen molar-refractivity contribution in [2.75, 3.05) is 13.1 Å². The number of allylic oxidation sites excluding steroid dienone is 1. The average Bonchev–Trinajstić information content (AvgIpc) is 3.09. The summed E-state index contributed by atoms with van der Waals surface area (Å²) in [6, 6.07) is -0.387. The van der Waals surface area contributed by atoms with Gasteiger partial charge in [0.1, 0.15) is 22.4 Å². The van der Waals surface area contributed by atoms with Gasteiger partial charge in [0.2, 0.25) is 5.79 Å². The molecule has 10 heteroatoms. The van der Waals surface area contributed by atoms with Gasteiger partial charge in [-0.25, -0.2) is 4.79 Å². The number of esters is 1. The lowest BCUT2D eigenvalue weighted by molar-refractivity contribution is -0.354. The van der Waals surface area contributed by atoms with Crippen molar-refractivity contribution in [3.8, 4) is 0 Å². The number of rotatable bonds is 2. The van der Waals surface area contributed by atoms with Crippen molar-refractivity contribution in [3.63, 3.8) is 0 Å². The van der Waals surface area contributed by atoms with E-state index >= 15 is 0 Å². The Labute approximate surface area is 247 Å². The molecule has 1 spiro atoms. The number of ether oxygens (including phenoxy) is 2. The van der Waals surface area contributed by atoms with Gasteiger partial charge in [0, 0.05) is 60.7 Å². The molecule has 0 aromatic carbocycles. The molecule has 3 saturated heterocycles. The number of hydrogen-bond acceptors (Lipinski definition) is 10. The summed E-state index contributed by atoms with van der Waals surface area (Å²) in [5.41, 5.74) is -8.96. The van der Waals surface area contributed by atoms with Crippen LogP contribution in [0, 0.1) is 29.1 Å². The zero-order valence-corrected chi connectivity index (χ0v) is 25.5. The van der Waals surface area contributed by atoms with Gasteiger partial charge in [-0.1, -0.05) is 19.9 Å². The molecule has 7 fully saturated rings. The quantitative estimate of drug-likeness (QED) is 0.202. The minimum Gasteiger partial charge on any atom is -0.453 e. The van der Waals surface area contributed by atoms with E-state index < -0.39 is 75.1 Å². The third kappa shape index (κ3) is 3.07. The number of carbonyl (C=O) groups is 1. The van der Waals surface area contributed by atoms with Gasteiger partial charge >= 0.3 is 5.97 Å². The van der Waals surface area contributed by atoms with Gasteiger partial charge in [0.15, 0.2) is 6.10 Å². The zero-order chi connectivity index (χ0) is 30.5. The Morgan fingerprint density at radius 2 is 1.64 bits per heavy atom. The fraction of sp³-hybridized carbons (Fsp3) is 0.906. The molecule has 3 heterocycles. The lowest BCUT2D eigenvalue weighted by Crippen LogP contribution is -2.85. The SMILES string of the molecule is C/C=C(/C)C(=O)O[C@H]1CC[C@@]2(C)[C@H]3CC[C@@H]4[C@]5(O)C[C@H](O)[C@]6(O)[C@H](CN7C[C@H](C)CC[C@@H]7[C@]6(C)O)[C@@]5(O)C[C@]42O[C@@]13O. The van der Waals surface area contributed by atoms with Gasteiger partial charge in [-0.2, -0.15) is 0 Å². The van der Waals surface area contributed by atoms with Crippen LogP contribution in [0.4, 0.5) is 0 Å². The number of hydrogen-bond donors (Lipinski definition) is 6. The maximum Gasteiger partial charge on any atom is 0.333 e. The maximum absolute atomic E-state index is 12.9. The van der Waals surface area contributed by atoms with Crippen LogP contribution in [-0.4, -0.2) is 107 Å². The summed E-state index contributed by atoms with van der Waals surface area (Å²) in [7, 11) is 0. The standard InChI is InChI=1S/C32H49NO9/c1-6-18(3)25(35)41-24-11-12-26(4)19-8-9-20-28(37)13-23(34)31(39)21(29(28,38)16-30(20,26)42-32(19,24)40)15-33-14-17(2)7-10-22(33)27(31,5)36/h6,17,19-24,34,36-40H,7-16H2,1-5H3/b18-6-/t17-,19-,20-,21-,22-,23+,24+,26+,27+,28-,29+,30+,31-,32-/m1/s1. The second-order valence-electron chi connectivity index (χ2n) is 15.7. The molecule has 14 atom stereocenters. The maximum atomic E-state index is 12.9. The van der Waals surface area contributed by atoms with Gasteiger partial charge in [0.05, 0.1) is 11.7 Å². The van der Waals surface area contributed by atoms with E-state index in [0.29, 0.717) is 50.1 Å². The first kappa shape index (κ1) is 29.6. The highest BCUT2D eigenvalue weighted by atomic mass is 16.7. The van der Waals surface area contributed by atoms with E-state index in [0.717, 1.165) is 6.42 Å². The van der Waals surface area contributed by atoms with Crippen LogP contribution in [-0.2, 0) is 14.3 Å². The molecule has 4 saturated carbocycles. The molecule has 0 radical (unpaired) electrons. The van der Waals surface area contributed by atoms with Crippen molar-refractivity contribution in [3.05, 3.63) is 11.6 Å². The van der Waals surface area contributed by atoms with Crippen LogP contribution in [0.5, 0.6) is 0 Å². The first-order chi connectivity index (χ1) is 19.5. The summed E-state index contributed by atoms with van der Waals surface area (Å²) in [6.07, 6.45) is 2.30. The molecule has 10 nitrogen and oxygen atoms in total. The predicted octanol–water partition coefficient (Wildman–Crippen LogP) is 0.991. The van der Waals surface area contributed by atoms with E-state index in [1.54, 1.807) is 26.8 Å². The first-order valence-corrected chi connectivity index (χ1v) is 16.0. The van der Waals surface area contributed by atoms with Crippen LogP contribution < -0.4 is 0 Å². The Balaban J connectivity index is 1.32. The predicted molar refractivity (Wildman–Crippen MR) is 150 cm³/mol. The summed E-state index contributed by atoms with van der Waals surface area (Å²) in [4.78, 5) is 14.9. The van der Waals surface area contributed by atoms with E-state index in [1.165, 1.54) is 0 Å². The van der Waals surface area contributed by atoms with Crippen molar-refractivity contribution in [2.45, 2.75) is 138 Å².